The number of aromatic carboxylic acids is 1. The zero-order valence-corrected chi connectivity index (χ0v) is 12.4. The quantitative estimate of drug-likeness (QED) is 0.830. The molecule has 0 atom stereocenters. The summed E-state index contributed by atoms with van der Waals surface area (Å²) >= 11 is 0. The predicted octanol–water partition coefficient (Wildman–Crippen LogP) is 1.54. The number of nitrogens with one attached hydrogen (secondary N) is 1. The molecular formula is C14H17NO5S. The van der Waals surface area contributed by atoms with Crippen molar-refractivity contribution in [2.75, 3.05) is 17.3 Å². The van der Waals surface area contributed by atoms with Crippen LogP contribution < -0.4 is 5.32 Å². The van der Waals surface area contributed by atoms with Crippen LogP contribution in [0.3, 0.4) is 0 Å². The zero-order chi connectivity index (χ0) is 15.7. The summed E-state index contributed by atoms with van der Waals surface area (Å²) in [6.45, 7) is 0. The molecule has 1 aromatic carbocycles. The summed E-state index contributed by atoms with van der Waals surface area (Å²) in [6.07, 6.45) is 2.75. The Balaban J connectivity index is 1.99. The number of sulfone groups is 1. The number of hydrogen-bond acceptors (Lipinski definition) is 4. The first kappa shape index (κ1) is 15.5. The summed E-state index contributed by atoms with van der Waals surface area (Å²) in [7, 11) is -3.11. The Morgan fingerprint density at radius 2 is 2.00 bits per heavy atom. The average Bonchev–Trinajstić information content (AvgIpc) is 3.05. The first-order chi connectivity index (χ1) is 9.69. The van der Waals surface area contributed by atoms with Gasteiger partial charge in [0.15, 0.2) is 0 Å². The number of hydrogen-bond donors (Lipinski definition) is 2. The molecule has 0 bridgehead atoms. The van der Waals surface area contributed by atoms with Crippen molar-refractivity contribution in [3.63, 3.8) is 0 Å². The monoisotopic (exact) mass is 311 g/mol. The number of rotatable bonds is 6. The van der Waals surface area contributed by atoms with Crippen LogP contribution in [-0.4, -0.2) is 37.4 Å². The van der Waals surface area contributed by atoms with Gasteiger partial charge in [-0.05, 0) is 36.5 Å². The molecule has 1 aromatic rings. The minimum absolute atomic E-state index is 0.0165. The minimum Gasteiger partial charge on any atom is -0.478 e. The van der Waals surface area contributed by atoms with Crippen LogP contribution in [0.4, 0.5) is 5.69 Å². The largest absolute Gasteiger partial charge is 0.478 e. The second-order valence-corrected chi connectivity index (χ2v) is 7.82. The maximum atomic E-state index is 12.0. The maximum absolute atomic E-state index is 12.0. The van der Waals surface area contributed by atoms with Gasteiger partial charge in [0.25, 0.3) is 0 Å². The molecule has 0 unspecified atom stereocenters. The third kappa shape index (κ3) is 4.56. The van der Waals surface area contributed by atoms with E-state index in [0.29, 0.717) is 5.69 Å². The molecule has 1 saturated carbocycles. The van der Waals surface area contributed by atoms with Gasteiger partial charge >= 0.3 is 5.97 Å². The molecule has 1 aliphatic rings. The van der Waals surface area contributed by atoms with Crippen LogP contribution in [0.25, 0.3) is 0 Å². The van der Waals surface area contributed by atoms with Gasteiger partial charge in [-0.1, -0.05) is 6.07 Å². The van der Waals surface area contributed by atoms with E-state index in [1.807, 2.05) is 0 Å². The van der Waals surface area contributed by atoms with E-state index in [1.54, 1.807) is 12.1 Å². The number of benzene rings is 1. The first-order valence-corrected chi connectivity index (χ1v) is 8.56. The van der Waals surface area contributed by atoms with Crippen molar-refractivity contribution in [3.05, 3.63) is 29.8 Å². The van der Waals surface area contributed by atoms with Gasteiger partial charge in [-0.3, -0.25) is 4.79 Å². The number of anilines is 1. The van der Waals surface area contributed by atoms with Crippen LogP contribution in [0.1, 0.15) is 29.6 Å². The van der Waals surface area contributed by atoms with E-state index in [9.17, 15) is 18.0 Å². The molecule has 0 radical (unpaired) electrons. The Kier molecular flexibility index (Phi) is 4.04. The minimum atomic E-state index is -3.11. The van der Waals surface area contributed by atoms with Crippen LogP contribution in [0.2, 0.25) is 0 Å². The van der Waals surface area contributed by atoms with Gasteiger partial charge in [-0.2, -0.15) is 0 Å². The molecule has 6 nitrogen and oxygen atoms in total. The molecule has 0 aromatic heterocycles. The lowest BCUT2D eigenvalue weighted by atomic mass is 10.0. The average molecular weight is 311 g/mol. The fraction of sp³-hybridized carbons (Fsp3) is 0.429. The lowest BCUT2D eigenvalue weighted by Crippen LogP contribution is -2.23. The third-order valence-corrected chi connectivity index (χ3v) is 4.59. The van der Waals surface area contributed by atoms with Gasteiger partial charge in [0, 0.05) is 18.4 Å². The molecule has 0 spiro atoms. The molecule has 2 rings (SSSR count). The number of carbonyl (C=O) groups excluding carboxylic acids is 1. The molecule has 7 heteroatoms. The highest BCUT2D eigenvalue weighted by Crippen LogP contribution is 2.49. The molecule has 21 heavy (non-hydrogen) atoms. The van der Waals surface area contributed by atoms with E-state index < -0.39 is 21.2 Å². The highest BCUT2D eigenvalue weighted by molar-refractivity contribution is 7.90. The van der Waals surface area contributed by atoms with E-state index in [1.165, 1.54) is 18.4 Å². The molecule has 0 heterocycles. The van der Waals surface area contributed by atoms with Gasteiger partial charge in [0.2, 0.25) is 5.91 Å². The molecule has 1 amide bonds. The Morgan fingerprint density at radius 3 is 2.52 bits per heavy atom. The highest BCUT2D eigenvalue weighted by atomic mass is 32.2. The lowest BCUT2D eigenvalue weighted by molar-refractivity contribution is -0.117. The van der Waals surface area contributed by atoms with Gasteiger partial charge < -0.3 is 10.4 Å². The second-order valence-electron chi connectivity index (χ2n) is 5.68. The normalized spacial score (nSPS) is 16.2. The second kappa shape index (κ2) is 5.48. The summed E-state index contributed by atoms with van der Waals surface area (Å²) in [5.74, 6) is -1.34. The van der Waals surface area contributed by atoms with Crippen LogP contribution in [0.15, 0.2) is 24.3 Å². The third-order valence-electron chi connectivity index (χ3n) is 3.45. The van der Waals surface area contributed by atoms with E-state index in [-0.39, 0.29) is 23.6 Å². The van der Waals surface area contributed by atoms with E-state index >= 15 is 0 Å². The van der Waals surface area contributed by atoms with Gasteiger partial charge in [-0.25, -0.2) is 13.2 Å². The van der Waals surface area contributed by atoms with E-state index in [0.717, 1.165) is 12.8 Å². The molecule has 0 saturated heterocycles. The number of carbonyl (C=O) groups is 2. The lowest BCUT2D eigenvalue weighted by Gasteiger charge is -2.13. The van der Waals surface area contributed by atoms with E-state index in [2.05, 4.69) is 5.32 Å². The van der Waals surface area contributed by atoms with Crippen molar-refractivity contribution in [2.45, 2.75) is 19.3 Å². The standard InChI is InChI=1S/C14H17NO5S/c1-21(19,20)9-14(5-6-14)8-12(16)15-11-4-2-3-10(7-11)13(17)18/h2-4,7H,5-6,8-9H2,1H3,(H,15,16)(H,17,18). The molecule has 1 fully saturated rings. The smallest absolute Gasteiger partial charge is 0.335 e. The van der Waals surface area contributed by atoms with Crippen molar-refractivity contribution in [1.29, 1.82) is 0 Å². The summed E-state index contributed by atoms with van der Waals surface area (Å²) < 4.78 is 22.7. The summed E-state index contributed by atoms with van der Waals surface area (Å²) in [5, 5.41) is 11.5. The number of carboxylic acids is 1. The Hall–Kier alpha value is -1.89. The molecule has 1 aliphatic carbocycles. The van der Waals surface area contributed by atoms with Crippen molar-refractivity contribution >= 4 is 27.4 Å². The van der Waals surface area contributed by atoms with Gasteiger partial charge in [0.05, 0.1) is 11.3 Å². The van der Waals surface area contributed by atoms with Gasteiger partial charge in [-0.15, -0.1) is 0 Å². The number of amides is 1. The topological polar surface area (TPSA) is 101 Å². The molecular weight excluding hydrogens is 294 g/mol. The summed E-state index contributed by atoms with van der Waals surface area (Å²) in [6, 6.07) is 5.95. The van der Waals surface area contributed by atoms with Crippen molar-refractivity contribution < 1.29 is 23.1 Å². The Labute approximate surface area is 123 Å². The molecule has 114 valence electrons. The van der Waals surface area contributed by atoms with Crippen molar-refractivity contribution in [2.24, 2.45) is 5.41 Å². The highest BCUT2D eigenvalue weighted by Gasteiger charge is 2.46. The Morgan fingerprint density at radius 1 is 1.33 bits per heavy atom. The van der Waals surface area contributed by atoms with Crippen molar-refractivity contribution in [1.82, 2.24) is 0 Å². The fourth-order valence-corrected chi connectivity index (χ4v) is 3.88. The molecule has 2 N–H and O–H groups in total. The number of carboxylic acid groups (broad SMARTS) is 1. The van der Waals surface area contributed by atoms with Crippen LogP contribution in [-0.2, 0) is 14.6 Å². The van der Waals surface area contributed by atoms with Gasteiger partial charge in [0.1, 0.15) is 9.84 Å². The maximum Gasteiger partial charge on any atom is 0.335 e. The molecule has 0 aliphatic heterocycles. The van der Waals surface area contributed by atoms with Crippen molar-refractivity contribution in [3.8, 4) is 0 Å². The van der Waals surface area contributed by atoms with E-state index in [4.69, 9.17) is 5.11 Å². The van der Waals surface area contributed by atoms with Crippen LogP contribution in [0.5, 0.6) is 0 Å². The SMILES string of the molecule is CS(=O)(=O)CC1(CC(=O)Nc2cccc(C(=O)O)c2)CC1. The van der Waals surface area contributed by atoms with Crippen LogP contribution >= 0.6 is 0 Å². The summed E-state index contributed by atoms with van der Waals surface area (Å²) in [5.41, 5.74) is 0.0438. The fourth-order valence-electron chi connectivity index (χ4n) is 2.38. The van der Waals surface area contributed by atoms with Crippen LogP contribution in [0, 0.1) is 5.41 Å². The summed E-state index contributed by atoms with van der Waals surface area (Å²) in [4.78, 5) is 22.8. The Bertz CT molecular complexity index is 676. The first-order valence-electron chi connectivity index (χ1n) is 6.50. The zero-order valence-electron chi connectivity index (χ0n) is 11.6. The predicted molar refractivity (Wildman–Crippen MR) is 78.0 cm³/mol.